The molecule has 0 radical (unpaired) electrons. The van der Waals surface area contributed by atoms with Crippen molar-refractivity contribution in [2.45, 2.75) is 334 Å². The van der Waals surface area contributed by atoms with Gasteiger partial charge in [-0.15, -0.1) is 0 Å². The molecule has 0 fully saturated rings. The van der Waals surface area contributed by atoms with Gasteiger partial charge in [0.1, 0.15) is 0 Å². The van der Waals surface area contributed by atoms with Gasteiger partial charge in [-0.2, -0.15) is 0 Å². The van der Waals surface area contributed by atoms with E-state index in [-0.39, 0.29) is 12.5 Å². The van der Waals surface area contributed by atoms with Gasteiger partial charge in [0, 0.05) is 6.42 Å². The van der Waals surface area contributed by atoms with Crippen LogP contribution in [0.5, 0.6) is 0 Å². The molecule has 0 aromatic rings. The number of allylic oxidation sites excluding steroid dienone is 7. The number of carbonyl (C=O) groups excluding carboxylic acids is 1. The van der Waals surface area contributed by atoms with E-state index in [1.807, 2.05) is 6.08 Å². The molecule has 0 aromatic carbocycles. The van der Waals surface area contributed by atoms with E-state index < -0.39 is 12.1 Å². The van der Waals surface area contributed by atoms with Crippen LogP contribution >= 0.6 is 0 Å². The molecule has 0 heterocycles. The lowest BCUT2D eigenvalue weighted by Crippen LogP contribution is -2.45. The zero-order chi connectivity index (χ0) is 47.7. The van der Waals surface area contributed by atoms with Gasteiger partial charge in [-0.05, 0) is 70.6 Å². The highest BCUT2D eigenvalue weighted by Gasteiger charge is 2.18. The predicted octanol–water partition coefficient (Wildman–Crippen LogP) is 19.8. The summed E-state index contributed by atoms with van der Waals surface area (Å²) in [6, 6.07) is -0.646. The van der Waals surface area contributed by atoms with Crippen LogP contribution in [0.15, 0.2) is 48.6 Å². The number of unbranched alkanes of at least 4 members (excludes halogenated alkanes) is 42. The van der Waals surface area contributed by atoms with Crippen molar-refractivity contribution in [2.24, 2.45) is 0 Å². The van der Waals surface area contributed by atoms with E-state index in [0.717, 1.165) is 38.5 Å². The SMILES string of the molecule is CCCCCCCCCCCCCC/C=C\CCCCCCCCCCCCCCCCCCC(=O)NC(CO)C(O)/C=C/CC/C=C/CC/C=C/CCCCCCCCCCCCCC. The Bertz CT molecular complexity index is 1050. The summed E-state index contributed by atoms with van der Waals surface area (Å²) in [7, 11) is 0. The number of amides is 1. The number of hydrogen-bond acceptors (Lipinski definition) is 3. The van der Waals surface area contributed by atoms with Crippen molar-refractivity contribution in [2.75, 3.05) is 6.61 Å². The fourth-order valence-electron chi connectivity index (χ4n) is 9.21. The van der Waals surface area contributed by atoms with Crippen LogP contribution < -0.4 is 5.32 Å². The Hall–Kier alpha value is -1.65. The second kappa shape index (κ2) is 57.7. The Balaban J connectivity index is 3.50. The zero-order valence-corrected chi connectivity index (χ0v) is 44.7. The van der Waals surface area contributed by atoms with E-state index in [1.165, 1.54) is 263 Å². The second-order valence-corrected chi connectivity index (χ2v) is 20.4. The number of hydrogen-bond donors (Lipinski definition) is 3. The van der Waals surface area contributed by atoms with E-state index in [0.29, 0.717) is 6.42 Å². The van der Waals surface area contributed by atoms with Gasteiger partial charge in [-0.25, -0.2) is 0 Å². The summed E-state index contributed by atoms with van der Waals surface area (Å²) in [6.07, 6.45) is 80.1. The molecule has 1 amide bonds. The third-order valence-electron chi connectivity index (χ3n) is 13.8. The van der Waals surface area contributed by atoms with E-state index in [9.17, 15) is 15.0 Å². The number of aliphatic hydroxyl groups is 2. The summed E-state index contributed by atoms with van der Waals surface area (Å²) >= 11 is 0. The third kappa shape index (κ3) is 53.3. The van der Waals surface area contributed by atoms with Gasteiger partial charge in [0.2, 0.25) is 5.91 Å². The maximum atomic E-state index is 12.5. The Morgan fingerprint density at radius 1 is 0.348 bits per heavy atom. The van der Waals surface area contributed by atoms with Crippen LogP contribution in [0.25, 0.3) is 0 Å². The monoisotopic (exact) mass is 924 g/mol. The molecule has 4 heteroatoms. The largest absolute Gasteiger partial charge is 0.394 e. The first-order chi connectivity index (χ1) is 32.7. The van der Waals surface area contributed by atoms with Crippen LogP contribution in [0, 0.1) is 0 Å². The minimum absolute atomic E-state index is 0.0735. The van der Waals surface area contributed by atoms with Gasteiger partial charge in [-0.1, -0.05) is 294 Å². The third-order valence-corrected chi connectivity index (χ3v) is 13.8. The van der Waals surface area contributed by atoms with Gasteiger partial charge in [-0.3, -0.25) is 4.79 Å². The number of aliphatic hydroxyl groups excluding tert-OH is 2. The summed E-state index contributed by atoms with van der Waals surface area (Å²) in [5.74, 6) is -0.0735. The summed E-state index contributed by atoms with van der Waals surface area (Å²) in [5, 5.41) is 23.2. The topological polar surface area (TPSA) is 69.6 Å². The fourth-order valence-corrected chi connectivity index (χ4v) is 9.21. The first kappa shape index (κ1) is 64.3. The van der Waals surface area contributed by atoms with Gasteiger partial charge >= 0.3 is 0 Å². The minimum atomic E-state index is -0.871. The average Bonchev–Trinajstić information content (AvgIpc) is 3.32. The highest BCUT2D eigenvalue weighted by Crippen LogP contribution is 2.17. The Labute approximate surface area is 414 Å². The molecule has 0 spiro atoms. The lowest BCUT2D eigenvalue weighted by atomic mass is 10.0. The molecule has 66 heavy (non-hydrogen) atoms. The first-order valence-corrected chi connectivity index (χ1v) is 29.9. The van der Waals surface area contributed by atoms with Crippen molar-refractivity contribution in [3.63, 3.8) is 0 Å². The predicted molar refractivity (Wildman–Crippen MR) is 295 cm³/mol. The van der Waals surface area contributed by atoms with Crippen molar-refractivity contribution < 1.29 is 15.0 Å². The smallest absolute Gasteiger partial charge is 0.220 e. The van der Waals surface area contributed by atoms with Gasteiger partial charge in [0.25, 0.3) is 0 Å². The molecule has 2 atom stereocenters. The second-order valence-electron chi connectivity index (χ2n) is 20.4. The highest BCUT2D eigenvalue weighted by molar-refractivity contribution is 5.76. The first-order valence-electron chi connectivity index (χ1n) is 29.9. The molecular weight excluding hydrogens is 807 g/mol. The number of carbonyl (C=O) groups is 1. The maximum Gasteiger partial charge on any atom is 0.220 e. The van der Waals surface area contributed by atoms with Crippen molar-refractivity contribution in [3.05, 3.63) is 48.6 Å². The quantitative estimate of drug-likeness (QED) is 0.0420. The Morgan fingerprint density at radius 2 is 0.591 bits per heavy atom. The van der Waals surface area contributed by atoms with Crippen LogP contribution in [0.1, 0.15) is 322 Å². The van der Waals surface area contributed by atoms with E-state index in [2.05, 4.69) is 55.6 Å². The van der Waals surface area contributed by atoms with Crippen LogP contribution in [-0.4, -0.2) is 34.9 Å². The van der Waals surface area contributed by atoms with Crippen molar-refractivity contribution in [3.8, 4) is 0 Å². The Morgan fingerprint density at radius 3 is 0.879 bits per heavy atom. The van der Waals surface area contributed by atoms with Crippen LogP contribution in [0.4, 0.5) is 0 Å². The lowest BCUT2D eigenvalue weighted by Gasteiger charge is -2.19. The molecule has 3 N–H and O–H groups in total. The summed E-state index contributed by atoms with van der Waals surface area (Å²) in [6.45, 7) is 4.32. The van der Waals surface area contributed by atoms with Crippen LogP contribution in [-0.2, 0) is 4.79 Å². The normalized spacial score (nSPS) is 13.1. The van der Waals surface area contributed by atoms with E-state index in [4.69, 9.17) is 0 Å². The molecule has 0 aliphatic rings. The van der Waals surface area contributed by atoms with Crippen molar-refractivity contribution in [1.82, 2.24) is 5.32 Å². The molecule has 4 nitrogen and oxygen atoms in total. The maximum absolute atomic E-state index is 12.5. The lowest BCUT2D eigenvalue weighted by molar-refractivity contribution is -0.123. The molecule has 0 aromatic heterocycles. The Kier molecular flexibility index (Phi) is 56.2. The molecular formula is C62H117NO3. The van der Waals surface area contributed by atoms with Gasteiger partial charge in [0.15, 0.2) is 0 Å². The molecule has 0 rings (SSSR count). The minimum Gasteiger partial charge on any atom is -0.394 e. The molecule has 0 bridgehead atoms. The fraction of sp³-hybridized carbons (Fsp3) is 0.855. The number of rotatable bonds is 55. The van der Waals surface area contributed by atoms with Crippen molar-refractivity contribution in [1.29, 1.82) is 0 Å². The average molecular weight is 925 g/mol. The summed E-state index contributed by atoms with van der Waals surface area (Å²) in [4.78, 5) is 12.5. The van der Waals surface area contributed by atoms with Crippen molar-refractivity contribution >= 4 is 5.91 Å². The number of nitrogens with one attached hydrogen (secondary N) is 1. The highest BCUT2D eigenvalue weighted by atomic mass is 16.3. The zero-order valence-electron chi connectivity index (χ0n) is 44.7. The van der Waals surface area contributed by atoms with E-state index in [1.54, 1.807) is 6.08 Å². The molecule has 388 valence electrons. The molecule has 0 aliphatic carbocycles. The molecule has 2 unspecified atom stereocenters. The van der Waals surface area contributed by atoms with Gasteiger partial charge in [0.05, 0.1) is 18.8 Å². The van der Waals surface area contributed by atoms with Gasteiger partial charge < -0.3 is 15.5 Å². The molecule has 0 saturated carbocycles. The summed E-state index contributed by atoms with van der Waals surface area (Å²) < 4.78 is 0. The van der Waals surface area contributed by atoms with Crippen LogP contribution in [0.3, 0.4) is 0 Å². The molecule has 0 aliphatic heterocycles. The van der Waals surface area contributed by atoms with Crippen LogP contribution in [0.2, 0.25) is 0 Å². The summed E-state index contributed by atoms with van der Waals surface area (Å²) in [5.41, 5.74) is 0. The molecule has 0 saturated heterocycles. The van der Waals surface area contributed by atoms with E-state index >= 15 is 0 Å². The standard InChI is InChI=1S/C62H117NO3/c1-3-5-7-9-11-13-15-17-19-21-23-25-27-28-29-30-31-32-33-34-35-36-38-40-42-44-46-48-50-52-54-56-58-62(66)63-60(59-64)61(65)57-55-53-51-49-47-45-43-41-39-37-26-24-22-20-18-16-14-12-10-8-6-4-2/h28-29,39,41,47,49,55,57,60-61,64-65H,3-27,30-38,40,42-46,48,50-54,56,58-59H2,1-2H3,(H,63,66)/b29-28-,41-39+,49-47+,57-55+.